The van der Waals surface area contributed by atoms with E-state index in [0.29, 0.717) is 0 Å². The molecule has 64 valence electrons. The second-order valence-corrected chi connectivity index (χ2v) is 2.99. The van der Waals surface area contributed by atoms with Crippen LogP contribution in [0.5, 0.6) is 0 Å². The van der Waals surface area contributed by atoms with Crippen LogP contribution in [0.15, 0.2) is 12.4 Å². The summed E-state index contributed by atoms with van der Waals surface area (Å²) >= 11 is 0. The average Bonchev–Trinajstić information content (AvgIpc) is 1.94. The van der Waals surface area contributed by atoms with E-state index >= 15 is 0 Å². The summed E-state index contributed by atoms with van der Waals surface area (Å²) in [6.07, 6.45) is 3.34. The highest BCUT2D eigenvalue weighted by Crippen LogP contribution is 2.12. The Morgan fingerprint density at radius 2 is 2.36 bits per heavy atom. The van der Waals surface area contributed by atoms with Gasteiger partial charge in [0.05, 0.1) is 0 Å². The van der Waals surface area contributed by atoms with Crippen LogP contribution in [0.2, 0.25) is 0 Å². The van der Waals surface area contributed by atoms with E-state index in [2.05, 4.69) is 17.1 Å². The molecule has 1 aliphatic rings. The van der Waals surface area contributed by atoms with Crippen molar-refractivity contribution in [2.24, 2.45) is 11.7 Å². The second-order valence-electron chi connectivity index (χ2n) is 2.99. The van der Waals surface area contributed by atoms with Crippen LogP contribution < -0.4 is 11.1 Å². The quantitative estimate of drug-likeness (QED) is 0.598. The van der Waals surface area contributed by atoms with E-state index in [9.17, 15) is 0 Å². The van der Waals surface area contributed by atoms with Gasteiger partial charge in [-0.15, -0.1) is 0 Å². The molecule has 0 bridgehead atoms. The molecule has 0 aromatic heterocycles. The molecule has 0 amide bonds. The number of rotatable bonds is 4. The third kappa shape index (κ3) is 2.42. The van der Waals surface area contributed by atoms with Crippen molar-refractivity contribution in [3.63, 3.8) is 0 Å². The second kappa shape index (κ2) is 4.23. The summed E-state index contributed by atoms with van der Waals surface area (Å²) < 4.78 is 0. The fourth-order valence-electron chi connectivity index (χ4n) is 1.37. The summed E-state index contributed by atoms with van der Waals surface area (Å²) in [4.78, 5) is 2.43. The molecule has 1 saturated heterocycles. The lowest BCUT2D eigenvalue weighted by atomic mass is 10.0. The molecule has 1 fully saturated rings. The van der Waals surface area contributed by atoms with Crippen molar-refractivity contribution < 1.29 is 0 Å². The van der Waals surface area contributed by atoms with E-state index < -0.39 is 0 Å². The van der Waals surface area contributed by atoms with Crippen LogP contribution in [-0.2, 0) is 0 Å². The standard InChI is InChI=1S/C8H17N3/c1-2-11-6-8(7-11)5-10-4-3-9/h3-4,8,10H,2,5-7,9H2,1H3/b4-3+. The lowest BCUT2D eigenvalue weighted by Gasteiger charge is -2.38. The summed E-state index contributed by atoms with van der Waals surface area (Å²) in [5, 5.41) is 3.15. The lowest BCUT2D eigenvalue weighted by molar-refractivity contribution is 0.109. The van der Waals surface area contributed by atoms with Crippen molar-refractivity contribution in [2.75, 3.05) is 26.2 Å². The number of hydrogen-bond acceptors (Lipinski definition) is 3. The molecule has 0 unspecified atom stereocenters. The minimum absolute atomic E-state index is 0.825. The molecule has 0 radical (unpaired) electrons. The maximum atomic E-state index is 5.17. The van der Waals surface area contributed by atoms with Crippen molar-refractivity contribution in [1.82, 2.24) is 10.2 Å². The summed E-state index contributed by atoms with van der Waals surface area (Å²) in [5.41, 5.74) is 5.17. The first-order valence-electron chi connectivity index (χ1n) is 4.19. The van der Waals surface area contributed by atoms with E-state index in [1.54, 1.807) is 6.20 Å². The average molecular weight is 155 g/mol. The van der Waals surface area contributed by atoms with E-state index in [-0.39, 0.29) is 0 Å². The molecule has 3 heteroatoms. The smallest absolute Gasteiger partial charge is 0.0194 e. The zero-order chi connectivity index (χ0) is 8.10. The van der Waals surface area contributed by atoms with E-state index in [1.807, 2.05) is 0 Å². The summed E-state index contributed by atoms with van der Waals surface area (Å²) in [6, 6.07) is 0. The van der Waals surface area contributed by atoms with Gasteiger partial charge in [0.2, 0.25) is 0 Å². The maximum Gasteiger partial charge on any atom is 0.0194 e. The molecule has 3 nitrogen and oxygen atoms in total. The first-order chi connectivity index (χ1) is 5.36. The van der Waals surface area contributed by atoms with Crippen LogP contribution in [0.25, 0.3) is 0 Å². The number of nitrogens with zero attached hydrogens (tertiary/aromatic N) is 1. The molecule has 0 aliphatic carbocycles. The van der Waals surface area contributed by atoms with Crippen molar-refractivity contribution >= 4 is 0 Å². The van der Waals surface area contributed by atoms with Crippen LogP contribution in [0, 0.1) is 5.92 Å². The Labute approximate surface area is 68.2 Å². The van der Waals surface area contributed by atoms with Crippen LogP contribution in [0.3, 0.4) is 0 Å². The number of nitrogens with one attached hydrogen (secondary N) is 1. The SMILES string of the molecule is CCN1CC(CN/C=C/N)C1. The zero-order valence-electron chi connectivity index (χ0n) is 7.09. The van der Waals surface area contributed by atoms with Gasteiger partial charge in [0, 0.05) is 38.0 Å². The molecule has 0 aromatic rings. The van der Waals surface area contributed by atoms with Crippen LogP contribution in [0.1, 0.15) is 6.92 Å². The van der Waals surface area contributed by atoms with E-state index in [1.165, 1.54) is 25.8 Å². The van der Waals surface area contributed by atoms with Crippen molar-refractivity contribution in [2.45, 2.75) is 6.92 Å². The Bertz CT molecular complexity index is 127. The van der Waals surface area contributed by atoms with Crippen molar-refractivity contribution in [1.29, 1.82) is 0 Å². The first-order valence-corrected chi connectivity index (χ1v) is 4.19. The Morgan fingerprint density at radius 3 is 2.91 bits per heavy atom. The Morgan fingerprint density at radius 1 is 1.64 bits per heavy atom. The monoisotopic (exact) mass is 155 g/mol. The van der Waals surface area contributed by atoms with Gasteiger partial charge in [-0.25, -0.2) is 0 Å². The fraction of sp³-hybridized carbons (Fsp3) is 0.750. The highest BCUT2D eigenvalue weighted by molar-refractivity contribution is 4.83. The summed E-state index contributed by atoms with van der Waals surface area (Å²) in [6.45, 7) is 6.92. The third-order valence-electron chi connectivity index (χ3n) is 2.10. The third-order valence-corrected chi connectivity index (χ3v) is 2.10. The van der Waals surface area contributed by atoms with E-state index in [4.69, 9.17) is 5.73 Å². The van der Waals surface area contributed by atoms with Crippen LogP contribution in [-0.4, -0.2) is 31.1 Å². The molecule has 1 rings (SSSR count). The zero-order valence-corrected chi connectivity index (χ0v) is 7.09. The summed E-state index contributed by atoms with van der Waals surface area (Å²) in [5.74, 6) is 0.825. The van der Waals surface area contributed by atoms with Gasteiger partial charge in [-0.1, -0.05) is 6.92 Å². The topological polar surface area (TPSA) is 41.3 Å². The molecule has 0 aromatic carbocycles. The van der Waals surface area contributed by atoms with Gasteiger partial charge < -0.3 is 16.0 Å². The molecule has 1 aliphatic heterocycles. The molecule has 1 heterocycles. The first kappa shape index (κ1) is 8.40. The normalized spacial score (nSPS) is 20.5. The van der Waals surface area contributed by atoms with Gasteiger partial charge in [0.1, 0.15) is 0 Å². The van der Waals surface area contributed by atoms with E-state index in [0.717, 1.165) is 12.5 Å². The minimum Gasteiger partial charge on any atom is -0.403 e. The highest BCUT2D eigenvalue weighted by atomic mass is 15.2. The lowest BCUT2D eigenvalue weighted by Crippen LogP contribution is -2.49. The van der Waals surface area contributed by atoms with Gasteiger partial charge >= 0.3 is 0 Å². The minimum atomic E-state index is 0.825. The molecular weight excluding hydrogens is 138 g/mol. The molecular formula is C8H17N3. The number of hydrogen-bond donors (Lipinski definition) is 2. The predicted octanol–water partition coefficient (Wildman–Crippen LogP) is -0.0424. The highest BCUT2D eigenvalue weighted by Gasteiger charge is 2.23. The summed E-state index contributed by atoms with van der Waals surface area (Å²) in [7, 11) is 0. The Kier molecular flexibility index (Phi) is 3.23. The Balaban J connectivity index is 1.96. The predicted molar refractivity (Wildman–Crippen MR) is 46.9 cm³/mol. The van der Waals surface area contributed by atoms with Crippen molar-refractivity contribution in [3.05, 3.63) is 12.4 Å². The van der Waals surface area contributed by atoms with Crippen LogP contribution in [0.4, 0.5) is 0 Å². The fourth-order valence-corrected chi connectivity index (χ4v) is 1.37. The van der Waals surface area contributed by atoms with Gasteiger partial charge in [-0.05, 0) is 6.54 Å². The molecule has 11 heavy (non-hydrogen) atoms. The number of likely N-dealkylation sites (tertiary alicyclic amines) is 1. The molecule has 0 saturated carbocycles. The van der Waals surface area contributed by atoms with Crippen LogP contribution >= 0.6 is 0 Å². The maximum absolute atomic E-state index is 5.17. The molecule has 0 spiro atoms. The van der Waals surface area contributed by atoms with Gasteiger partial charge in [0.25, 0.3) is 0 Å². The van der Waals surface area contributed by atoms with Gasteiger partial charge in [-0.2, -0.15) is 0 Å². The molecule has 3 N–H and O–H groups in total. The Hall–Kier alpha value is -0.700. The van der Waals surface area contributed by atoms with Crippen molar-refractivity contribution in [3.8, 4) is 0 Å². The number of nitrogens with two attached hydrogens (primary N) is 1. The van der Waals surface area contributed by atoms with Gasteiger partial charge in [-0.3, -0.25) is 0 Å². The largest absolute Gasteiger partial charge is 0.403 e. The van der Waals surface area contributed by atoms with Gasteiger partial charge in [0.15, 0.2) is 0 Å². The molecule has 0 atom stereocenters.